The molecule has 0 bridgehead atoms. The second kappa shape index (κ2) is 7.02. The Hall–Kier alpha value is -2.31. The van der Waals surface area contributed by atoms with Crippen molar-refractivity contribution in [1.82, 2.24) is 30.0 Å². The smallest absolute Gasteiger partial charge is 0.151 e. The van der Waals surface area contributed by atoms with E-state index in [9.17, 15) is 0 Å². The van der Waals surface area contributed by atoms with Crippen molar-refractivity contribution in [1.29, 1.82) is 0 Å². The zero-order valence-electron chi connectivity index (χ0n) is 15.0. The number of nitrogens with zero attached hydrogens (tertiary/aromatic N) is 5. The summed E-state index contributed by atoms with van der Waals surface area (Å²) in [5, 5.41) is 13.3. The molecule has 1 aliphatic carbocycles. The van der Waals surface area contributed by atoms with Crippen LogP contribution in [0.2, 0.25) is 5.02 Å². The number of halogens is 1. The molecule has 138 valence electrons. The first kappa shape index (κ1) is 16.8. The lowest BCUT2D eigenvalue weighted by molar-refractivity contribution is 0.377. The summed E-state index contributed by atoms with van der Waals surface area (Å²) in [6, 6.07) is 6.07. The first-order valence-electron chi connectivity index (χ1n) is 9.49. The third-order valence-corrected chi connectivity index (χ3v) is 5.96. The molecule has 0 unspecified atom stereocenters. The van der Waals surface area contributed by atoms with Crippen LogP contribution in [0.1, 0.15) is 60.4 Å². The summed E-state index contributed by atoms with van der Waals surface area (Å²) >= 11 is 6.21. The normalized spacial score (nSPS) is 22.0. The van der Waals surface area contributed by atoms with Gasteiger partial charge in [-0.1, -0.05) is 11.6 Å². The average Bonchev–Trinajstić information content (AvgIpc) is 3.04. The van der Waals surface area contributed by atoms with Crippen molar-refractivity contribution < 1.29 is 0 Å². The highest BCUT2D eigenvalue weighted by molar-refractivity contribution is 6.30. The van der Waals surface area contributed by atoms with Gasteiger partial charge in [-0.2, -0.15) is 0 Å². The average molecular weight is 381 g/mol. The van der Waals surface area contributed by atoms with E-state index >= 15 is 0 Å². The second-order valence-corrected chi connectivity index (χ2v) is 7.80. The van der Waals surface area contributed by atoms with Gasteiger partial charge in [0.25, 0.3) is 0 Å². The van der Waals surface area contributed by atoms with Gasteiger partial charge in [0.1, 0.15) is 5.82 Å². The van der Waals surface area contributed by atoms with Crippen LogP contribution in [0.5, 0.6) is 0 Å². The summed E-state index contributed by atoms with van der Waals surface area (Å²) in [5.74, 6) is 2.96. The van der Waals surface area contributed by atoms with Crippen molar-refractivity contribution >= 4 is 11.6 Å². The lowest BCUT2D eigenvalue weighted by Crippen LogP contribution is -2.17. The molecule has 2 aliphatic rings. The van der Waals surface area contributed by atoms with E-state index in [-0.39, 0.29) is 0 Å². The minimum atomic E-state index is 0.417. The monoisotopic (exact) mass is 380 g/mol. The molecule has 1 N–H and O–H groups in total. The molecule has 1 fully saturated rings. The Kier molecular flexibility index (Phi) is 4.38. The molecule has 0 radical (unpaired) electrons. The first-order chi connectivity index (χ1) is 13.3. The van der Waals surface area contributed by atoms with Crippen LogP contribution in [0, 0.1) is 0 Å². The molecule has 1 aliphatic heterocycles. The SMILES string of the molecule is Clc1ccc2c(c1)CNCc1nnc(C3CCC(c4cnccn4)CC3)n1-2. The maximum absolute atomic E-state index is 6.21. The first-order valence-corrected chi connectivity index (χ1v) is 9.87. The van der Waals surface area contributed by atoms with Crippen molar-refractivity contribution in [3.05, 3.63) is 64.7 Å². The van der Waals surface area contributed by atoms with Gasteiger partial charge in [-0.15, -0.1) is 10.2 Å². The molecule has 7 heteroatoms. The van der Waals surface area contributed by atoms with Gasteiger partial charge in [0.15, 0.2) is 5.82 Å². The van der Waals surface area contributed by atoms with Crippen molar-refractivity contribution in [3.8, 4) is 5.69 Å². The molecule has 27 heavy (non-hydrogen) atoms. The van der Waals surface area contributed by atoms with Crippen molar-refractivity contribution in [2.45, 2.75) is 50.6 Å². The van der Waals surface area contributed by atoms with Crippen LogP contribution in [0.15, 0.2) is 36.8 Å². The zero-order valence-corrected chi connectivity index (χ0v) is 15.7. The fourth-order valence-electron chi connectivity index (χ4n) is 4.36. The van der Waals surface area contributed by atoms with Crippen molar-refractivity contribution in [3.63, 3.8) is 0 Å². The highest BCUT2D eigenvalue weighted by Crippen LogP contribution is 2.40. The van der Waals surface area contributed by atoms with Crippen LogP contribution in [0.3, 0.4) is 0 Å². The van der Waals surface area contributed by atoms with Crippen LogP contribution >= 0.6 is 11.6 Å². The van der Waals surface area contributed by atoms with E-state index in [2.05, 4.69) is 36.1 Å². The Morgan fingerprint density at radius 3 is 2.67 bits per heavy atom. The summed E-state index contributed by atoms with van der Waals surface area (Å²) < 4.78 is 2.25. The molecular weight excluding hydrogens is 360 g/mol. The minimum absolute atomic E-state index is 0.417. The highest BCUT2D eigenvalue weighted by atomic mass is 35.5. The Bertz CT molecular complexity index is 946. The van der Waals surface area contributed by atoms with E-state index < -0.39 is 0 Å². The van der Waals surface area contributed by atoms with Crippen molar-refractivity contribution in [2.24, 2.45) is 0 Å². The van der Waals surface area contributed by atoms with Gasteiger partial charge in [-0.25, -0.2) is 0 Å². The predicted octanol–water partition coefficient (Wildman–Crippen LogP) is 3.76. The molecule has 1 aromatic carbocycles. The lowest BCUT2D eigenvalue weighted by Gasteiger charge is -2.28. The van der Waals surface area contributed by atoms with Crippen LogP contribution in [-0.4, -0.2) is 24.7 Å². The van der Waals surface area contributed by atoms with Crippen LogP contribution in [-0.2, 0) is 13.1 Å². The Morgan fingerprint density at radius 2 is 1.85 bits per heavy atom. The van der Waals surface area contributed by atoms with Gasteiger partial charge >= 0.3 is 0 Å². The van der Waals surface area contributed by atoms with E-state index in [0.29, 0.717) is 18.4 Å². The summed E-state index contributed by atoms with van der Waals surface area (Å²) in [6.45, 7) is 1.51. The Labute approximate surface area is 163 Å². The van der Waals surface area contributed by atoms with Crippen LogP contribution in [0.4, 0.5) is 0 Å². The molecule has 0 atom stereocenters. The van der Waals surface area contributed by atoms with Gasteiger partial charge in [-0.05, 0) is 49.4 Å². The van der Waals surface area contributed by atoms with Gasteiger partial charge in [-0.3, -0.25) is 14.5 Å². The molecular formula is C20H21ClN6. The molecule has 6 nitrogen and oxygen atoms in total. The van der Waals surface area contributed by atoms with Crippen molar-refractivity contribution in [2.75, 3.05) is 0 Å². The van der Waals surface area contributed by atoms with Crippen LogP contribution < -0.4 is 5.32 Å². The molecule has 3 aromatic rings. The fraction of sp³-hybridized carbons (Fsp3) is 0.400. The number of hydrogen-bond acceptors (Lipinski definition) is 5. The van der Waals surface area contributed by atoms with Gasteiger partial charge < -0.3 is 5.32 Å². The number of aromatic nitrogens is 5. The van der Waals surface area contributed by atoms with E-state index in [1.807, 2.05) is 18.3 Å². The molecule has 0 saturated heterocycles. The highest BCUT2D eigenvalue weighted by Gasteiger charge is 2.30. The Morgan fingerprint density at radius 1 is 1.00 bits per heavy atom. The quantitative estimate of drug-likeness (QED) is 0.733. The van der Waals surface area contributed by atoms with E-state index in [1.54, 1.807) is 12.4 Å². The third kappa shape index (κ3) is 3.13. The van der Waals surface area contributed by atoms with Gasteiger partial charge in [0, 0.05) is 42.0 Å². The molecule has 5 rings (SSSR count). The van der Waals surface area contributed by atoms with E-state index in [1.165, 1.54) is 5.56 Å². The molecule has 0 amide bonds. The fourth-order valence-corrected chi connectivity index (χ4v) is 4.56. The number of rotatable bonds is 2. The lowest BCUT2D eigenvalue weighted by atomic mass is 9.80. The maximum Gasteiger partial charge on any atom is 0.151 e. The standard InChI is InChI=1S/C20H21ClN6/c21-16-5-6-18-15(9-16)10-23-12-19-25-26-20(27(18)19)14-3-1-13(2-4-14)17-11-22-7-8-24-17/h5-9,11,13-14,23H,1-4,10,12H2. The summed E-state index contributed by atoms with van der Waals surface area (Å²) in [7, 11) is 0. The molecule has 0 spiro atoms. The number of hydrogen-bond donors (Lipinski definition) is 1. The number of benzene rings is 1. The maximum atomic E-state index is 6.21. The van der Waals surface area contributed by atoms with Gasteiger partial charge in [0.2, 0.25) is 0 Å². The van der Waals surface area contributed by atoms with Crippen LogP contribution in [0.25, 0.3) is 5.69 Å². The van der Waals surface area contributed by atoms with E-state index in [0.717, 1.165) is 60.3 Å². The predicted molar refractivity (Wildman–Crippen MR) is 103 cm³/mol. The zero-order chi connectivity index (χ0) is 18.2. The Balaban J connectivity index is 1.44. The van der Waals surface area contributed by atoms with E-state index in [4.69, 9.17) is 11.6 Å². The largest absolute Gasteiger partial charge is 0.306 e. The van der Waals surface area contributed by atoms with Gasteiger partial charge in [0.05, 0.1) is 17.9 Å². The summed E-state index contributed by atoms with van der Waals surface area (Å²) in [6.07, 6.45) is 9.83. The minimum Gasteiger partial charge on any atom is -0.306 e. The topological polar surface area (TPSA) is 68.5 Å². The number of nitrogens with one attached hydrogen (secondary N) is 1. The summed E-state index contributed by atoms with van der Waals surface area (Å²) in [5.41, 5.74) is 3.45. The molecule has 1 saturated carbocycles. The summed E-state index contributed by atoms with van der Waals surface area (Å²) in [4.78, 5) is 8.72. The number of fused-ring (bicyclic) bond motifs is 3. The molecule has 2 aromatic heterocycles. The molecule has 3 heterocycles. The second-order valence-electron chi connectivity index (χ2n) is 7.37. The third-order valence-electron chi connectivity index (χ3n) is 5.73.